The highest BCUT2D eigenvalue weighted by atomic mass is 16.1. The molecule has 2 aromatic carbocycles. The zero-order chi connectivity index (χ0) is 23.5. The summed E-state index contributed by atoms with van der Waals surface area (Å²) < 4.78 is 0. The van der Waals surface area contributed by atoms with E-state index in [1.807, 2.05) is 36.5 Å². The summed E-state index contributed by atoms with van der Waals surface area (Å²) in [6.45, 7) is 4.31. The number of Topliss-reactive ketones (excluding diaryl/α,β-unsaturated/α-hetero) is 1. The second-order valence-electron chi connectivity index (χ2n) is 9.43. The molecular weight excluding hydrogens is 418 g/mol. The molecule has 1 aliphatic rings. The number of fused-ring (bicyclic) bond motifs is 1. The zero-order valence-electron chi connectivity index (χ0n) is 20.0. The zero-order valence-corrected chi connectivity index (χ0v) is 20.0. The number of carbonyl (C=O) groups excluding carboxylic acids is 1. The van der Waals surface area contributed by atoms with Gasteiger partial charge in [0.1, 0.15) is 0 Å². The lowest BCUT2D eigenvalue weighted by atomic mass is 9.96. The number of aryl methyl sites for hydroxylation is 2. The van der Waals surface area contributed by atoms with Gasteiger partial charge in [0.15, 0.2) is 5.78 Å². The van der Waals surface area contributed by atoms with Gasteiger partial charge in [-0.15, -0.1) is 0 Å². The Morgan fingerprint density at radius 1 is 1.03 bits per heavy atom. The van der Waals surface area contributed by atoms with Gasteiger partial charge in [-0.2, -0.15) is 0 Å². The quantitative estimate of drug-likeness (QED) is 0.266. The van der Waals surface area contributed by atoms with E-state index in [0.717, 1.165) is 70.3 Å². The maximum absolute atomic E-state index is 13.2. The monoisotopic (exact) mass is 449 g/mol. The van der Waals surface area contributed by atoms with E-state index in [-0.39, 0.29) is 5.78 Å². The van der Waals surface area contributed by atoms with Gasteiger partial charge in [-0.05, 0) is 80.0 Å². The van der Waals surface area contributed by atoms with Crippen LogP contribution in [0.5, 0.6) is 0 Å². The number of anilines is 2. The molecule has 5 rings (SSSR count). The van der Waals surface area contributed by atoms with E-state index in [0.29, 0.717) is 17.9 Å². The summed E-state index contributed by atoms with van der Waals surface area (Å²) in [5.74, 6) is 0.693. The Morgan fingerprint density at radius 2 is 1.85 bits per heavy atom. The van der Waals surface area contributed by atoms with Crippen LogP contribution in [0.2, 0.25) is 0 Å². The molecule has 34 heavy (non-hydrogen) atoms. The third kappa shape index (κ3) is 4.86. The number of carbonyl (C=O) groups is 1. The van der Waals surface area contributed by atoms with Gasteiger partial charge in [-0.1, -0.05) is 37.6 Å². The molecule has 0 aliphatic heterocycles. The fraction of sp³-hybridized carbons (Fsp3) is 0.300. The van der Waals surface area contributed by atoms with E-state index in [2.05, 4.69) is 43.4 Å². The van der Waals surface area contributed by atoms with Crippen LogP contribution in [0.15, 0.2) is 67.0 Å². The molecule has 1 aliphatic carbocycles. The van der Waals surface area contributed by atoms with Gasteiger partial charge >= 0.3 is 0 Å². The maximum Gasteiger partial charge on any atom is 0.166 e. The SMILES string of the molecule is CCCCc1ccc(-c2cc3c(Nc4ccccc4)c(C(=O)CC4CC4)cnc3cc2C)cn1. The first-order valence-electron chi connectivity index (χ1n) is 12.4. The molecule has 4 heteroatoms. The fourth-order valence-corrected chi connectivity index (χ4v) is 4.45. The van der Waals surface area contributed by atoms with Crippen LogP contribution in [-0.2, 0) is 6.42 Å². The number of para-hydroxylation sites is 1. The Balaban J connectivity index is 1.60. The average molecular weight is 450 g/mol. The van der Waals surface area contributed by atoms with E-state index in [1.54, 1.807) is 6.20 Å². The molecule has 0 atom stereocenters. The van der Waals surface area contributed by atoms with Crippen LogP contribution in [0.1, 0.15) is 60.6 Å². The Bertz CT molecular complexity index is 1310. The van der Waals surface area contributed by atoms with Gasteiger partial charge in [-0.25, -0.2) is 0 Å². The number of nitrogens with one attached hydrogen (secondary N) is 1. The first kappa shape index (κ1) is 22.3. The van der Waals surface area contributed by atoms with E-state index < -0.39 is 0 Å². The van der Waals surface area contributed by atoms with Crippen molar-refractivity contribution in [2.24, 2.45) is 5.92 Å². The van der Waals surface area contributed by atoms with Crippen molar-refractivity contribution in [3.8, 4) is 11.1 Å². The summed E-state index contributed by atoms with van der Waals surface area (Å²) in [6.07, 6.45) is 9.95. The van der Waals surface area contributed by atoms with Gasteiger partial charge in [0.25, 0.3) is 0 Å². The predicted octanol–water partition coefficient (Wildman–Crippen LogP) is 7.67. The summed E-state index contributed by atoms with van der Waals surface area (Å²) in [7, 11) is 0. The Labute approximate surface area is 201 Å². The van der Waals surface area contributed by atoms with Crippen LogP contribution in [-0.4, -0.2) is 15.8 Å². The predicted molar refractivity (Wildman–Crippen MR) is 140 cm³/mol. The molecule has 0 amide bonds. The molecule has 1 N–H and O–H groups in total. The summed E-state index contributed by atoms with van der Waals surface area (Å²) in [6, 6.07) is 18.6. The molecule has 2 heterocycles. The normalized spacial score (nSPS) is 13.2. The molecule has 0 saturated heterocycles. The number of pyridine rings is 2. The number of rotatable bonds is 9. The van der Waals surface area contributed by atoms with Gasteiger partial charge in [-0.3, -0.25) is 14.8 Å². The number of benzene rings is 2. The first-order valence-corrected chi connectivity index (χ1v) is 12.4. The van der Waals surface area contributed by atoms with Gasteiger partial charge < -0.3 is 5.32 Å². The Morgan fingerprint density at radius 3 is 2.56 bits per heavy atom. The van der Waals surface area contributed by atoms with Crippen molar-refractivity contribution in [1.29, 1.82) is 0 Å². The second-order valence-corrected chi connectivity index (χ2v) is 9.43. The second kappa shape index (κ2) is 9.76. The fourth-order valence-electron chi connectivity index (χ4n) is 4.45. The molecule has 0 bridgehead atoms. The summed E-state index contributed by atoms with van der Waals surface area (Å²) in [5, 5.41) is 4.50. The van der Waals surface area contributed by atoms with E-state index >= 15 is 0 Å². The molecule has 0 radical (unpaired) electrons. The summed E-state index contributed by atoms with van der Waals surface area (Å²) >= 11 is 0. The minimum atomic E-state index is 0.166. The molecule has 0 spiro atoms. The van der Waals surface area contributed by atoms with E-state index in [9.17, 15) is 4.79 Å². The van der Waals surface area contributed by atoms with Crippen LogP contribution < -0.4 is 5.32 Å². The topological polar surface area (TPSA) is 54.9 Å². The standard InChI is InChI=1S/C30H31N3O/c1-3-4-8-23-14-13-22(18-31-23)25-17-26-28(15-20(25)2)32-19-27(29(34)16-21-11-12-21)30(26)33-24-9-6-5-7-10-24/h5-7,9-10,13-15,17-19,21H,3-4,8,11-12,16H2,1-2H3,(H,32,33). The lowest BCUT2D eigenvalue weighted by Crippen LogP contribution is -2.07. The maximum atomic E-state index is 13.2. The van der Waals surface area contributed by atoms with Crippen molar-refractivity contribution >= 4 is 28.1 Å². The van der Waals surface area contributed by atoms with Crippen LogP contribution in [0.4, 0.5) is 11.4 Å². The Hall–Kier alpha value is -3.53. The van der Waals surface area contributed by atoms with Crippen molar-refractivity contribution < 1.29 is 4.79 Å². The smallest absolute Gasteiger partial charge is 0.166 e. The molecule has 2 aromatic heterocycles. The first-order chi connectivity index (χ1) is 16.6. The van der Waals surface area contributed by atoms with Gasteiger partial charge in [0.05, 0.1) is 16.8 Å². The minimum absolute atomic E-state index is 0.166. The lowest BCUT2D eigenvalue weighted by Gasteiger charge is -2.16. The minimum Gasteiger partial charge on any atom is -0.354 e. The van der Waals surface area contributed by atoms with Crippen molar-refractivity contribution in [3.05, 3.63) is 83.8 Å². The molecule has 4 nitrogen and oxygen atoms in total. The molecule has 172 valence electrons. The molecular formula is C30H31N3O. The number of ketones is 1. The van der Waals surface area contributed by atoms with E-state index in [1.165, 1.54) is 6.42 Å². The summed E-state index contributed by atoms with van der Waals surface area (Å²) in [4.78, 5) is 22.6. The van der Waals surface area contributed by atoms with Crippen LogP contribution in [0, 0.1) is 12.8 Å². The highest BCUT2D eigenvalue weighted by Crippen LogP contribution is 2.38. The van der Waals surface area contributed by atoms with Crippen LogP contribution in [0.25, 0.3) is 22.0 Å². The van der Waals surface area contributed by atoms with Crippen LogP contribution in [0.3, 0.4) is 0 Å². The van der Waals surface area contributed by atoms with E-state index in [4.69, 9.17) is 9.97 Å². The van der Waals surface area contributed by atoms with Gasteiger partial charge in [0, 0.05) is 41.1 Å². The lowest BCUT2D eigenvalue weighted by molar-refractivity contribution is 0.0976. The number of hydrogen-bond donors (Lipinski definition) is 1. The number of aromatic nitrogens is 2. The Kier molecular flexibility index (Phi) is 6.39. The largest absolute Gasteiger partial charge is 0.354 e. The summed E-state index contributed by atoms with van der Waals surface area (Å²) in [5.41, 5.74) is 7.83. The van der Waals surface area contributed by atoms with Crippen molar-refractivity contribution in [2.75, 3.05) is 5.32 Å². The average Bonchev–Trinajstić information content (AvgIpc) is 3.67. The number of nitrogens with zero attached hydrogens (tertiary/aromatic N) is 2. The third-order valence-electron chi connectivity index (χ3n) is 6.65. The third-order valence-corrected chi connectivity index (χ3v) is 6.65. The molecule has 1 saturated carbocycles. The highest BCUT2D eigenvalue weighted by Gasteiger charge is 2.27. The van der Waals surface area contributed by atoms with Crippen LogP contribution >= 0.6 is 0 Å². The van der Waals surface area contributed by atoms with Gasteiger partial charge in [0.2, 0.25) is 0 Å². The molecule has 4 aromatic rings. The number of unbranched alkanes of at least 4 members (excludes halogenated alkanes) is 1. The van der Waals surface area contributed by atoms with Crippen molar-refractivity contribution in [3.63, 3.8) is 0 Å². The number of hydrogen-bond acceptors (Lipinski definition) is 4. The van der Waals surface area contributed by atoms with Crippen molar-refractivity contribution in [2.45, 2.75) is 52.4 Å². The molecule has 0 unspecified atom stereocenters. The molecule has 1 fully saturated rings. The van der Waals surface area contributed by atoms with Crippen molar-refractivity contribution in [1.82, 2.24) is 9.97 Å². The highest BCUT2D eigenvalue weighted by molar-refractivity contribution is 6.10.